The number of aromatic nitrogens is 2. The highest BCUT2D eigenvalue weighted by atomic mass is 32.2. The van der Waals surface area contributed by atoms with E-state index in [-0.39, 0.29) is 6.42 Å². The van der Waals surface area contributed by atoms with Gasteiger partial charge < -0.3 is 0 Å². The number of alkyl halides is 6. The van der Waals surface area contributed by atoms with Crippen molar-refractivity contribution in [1.29, 1.82) is 0 Å². The van der Waals surface area contributed by atoms with Crippen LogP contribution in [-0.4, -0.2) is 27.9 Å². The number of unbranched alkanes of at least 4 members (excludes halogenated alkanes) is 1. The summed E-state index contributed by atoms with van der Waals surface area (Å²) in [5, 5.41) is -1.93. The number of aryl methyl sites for hydroxylation is 4. The third-order valence-corrected chi connectivity index (χ3v) is 8.09. The molecule has 0 radical (unpaired) electrons. The number of rotatable bonds is 7. The highest BCUT2D eigenvalue weighted by Crippen LogP contribution is 2.38. The van der Waals surface area contributed by atoms with Gasteiger partial charge in [-0.25, -0.2) is 21.4 Å². The van der Waals surface area contributed by atoms with E-state index in [0.717, 1.165) is 25.7 Å². The molecule has 2 rings (SSSR count). The Hall–Kier alpha value is -2.22. The van der Waals surface area contributed by atoms with Gasteiger partial charge in [0.05, 0.1) is 0 Å². The van der Waals surface area contributed by atoms with E-state index >= 15 is 0 Å². The van der Waals surface area contributed by atoms with Crippen molar-refractivity contribution in [2.45, 2.75) is 81.0 Å². The Morgan fingerprint density at radius 1 is 0.743 bits per heavy atom. The molecule has 2 aromatic rings. The van der Waals surface area contributed by atoms with Crippen LogP contribution in [0, 0.1) is 13.8 Å². The van der Waals surface area contributed by atoms with Gasteiger partial charge in [-0.3, -0.25) is 0 Å². The maximum Gasteiger partial charge on any atom is 0.507 e. The van der Waals surface area contributed by atoms with Crippen LogP contribution in [0.1, 0.15) is 44.2 Å². The molecule has 0 saturated carbocycles. The molecule has 0 fully saturated rings. The lowest BCUT2D eigenvalue weighted by Crippen LogP contribution is -2.45. The zero-order valence-corrected chi connectivity index (χ0v) is 21.2. The molecule has 0 amide bonds. The minimum Gasteiger partial charge on any atom is -0.214 e. The quantitative estimate of drug-likeness (QED) is 0.379. The molecule has 0 aliphatic heterocycles. The Balaban J connectivity index is 0.000000507. The molecule has 14 heteroatoms. The fraction of sp³-hybridized carbons (Fsp3) is 0.524. The Labute approximate surface area is 201 Å². The highest BCUT2D eigenvalue weighted by Gasteiger charge is 2.59. The van der Waals surface area contributed by atoms with Gasteiger partial charge in [-0.05, 0) is 25.0 Å². The fourth-order valence-corrected chi connectivity index (χ4v) is 5.73. The topological polar surface area (TPSA) is 76.0 Å². The first-order valence-electron chi connectivity index (χ1n) is 10.5. The van der Waals surface area contributed by atoms with E-state index in [0.29, 0.717) is 11.0 Å². The number of nitrogens with zero attached hydrogens (tertiary/aromatic N) is 2. The van der Waals surface area contributed by atoms with Gasteiger partial charge in [-0.1, -0.05) is 20.3 Å². The van der Waals surface area contributed by atoms with Crippen LogP contribution in [0.15, 0.2) is 46.7 Å². The third kappa shape index (κ3) is 7.38. The molecule has 0 aromatic carbocycles. The molecule has 0 unspecified atom stereocenters. The van der Waals surface area contributed by atoms with Gasteiger partial charge >= 0.3 is 25.9 Å². The van der Waals surface area contributed by atoms with E-state index in [9.17, 15) is 43.2 Å². The molecule has 0 saturated heterocycles. The smallest absolute Gasteiger partial charge is 0.214 e. The van der Waals surface area contributed by atoms with E-state index < -0.39 is 52.7 Å². The van der Waals surface area contributed by atoms with Gasteiger partial charge in [0.2, 0.25) is 0 Å². The van der Waals surface area contributed by atoms with Gasteiger partial charge in [0, 0.05) is 31.0 Å². The monoisotopic (exact) mass is 550 g/mol. The SMILES string of the molecule is CCCC[n+]1ccc(C)c(S(=O)(=O)C(F)(F)F)c1S(=O)(=O)C(F)(F)F.CCC[n+]1ccc(C)cc1. The van der Waals surface area contributed by atoms with Crippen LogP contribution in [0.25, 0.3) is 0 Å². The van der Waals surface area contributed by atoms with Gasteiger partial charge in [0.25, 0.3) is 9.84 Å². The predicted molar refractivity (Wildman–Crippen MR) is 114 cm³/mol. The summed E-state index contributed by atoms with van der Waals surface area (Å²) in [7, 11) is -12.7. The minimum absolute atomic E-state index is 0.125. The van der Waals surface area contributed by atoms with Crippen molar-refractivity contribution in [2.24, 2.45) is 0 Å². The van der Waals surface area contributed by atoms with Crippen LogP contribution in [0.3, 0.4) is 0 Å². The Bertz CT molecular complexity index is 1210. The van der Waals surface area contributed by atoms with Gasteiger partial charge in [0.15, 0.2) is 23.5 Å². The lowest BCUT2D eigenvalue weighted by Gasteiger charge is -2.15. The maximum absolute atomic E-state index is 12.9. The van der Waals surface area contributed by atoms with E-state index in [1.165, 1.54) is 12.0 Å². The number of hydrogen-bond acceptors (Lipinski definition) is 4. The highest BCUT2D eigenvalue weighted by molar-refractivity contribution is 7.95. The molecule has 0 spiro atoms. The van der Waals surface area contributed by atoms with E-state index in [1.54, 1.807) is 6.92 Å². The molecular formula is C21H28F6N2O4S2+2. The van der Waals surface area contributed by atoms with Crippen molar-refractivity contribution >= 4 is 19.7 Å². The summed E-state index contributed by atoms with van der Waals surface area (Å²) in [6.07, 6.45) is 6.78. The van der Waals surface area contributed by atoms with Crippen LogP contribution in [0.5, 0.6) is 0 Å². The summed E-state index contributed by atoms with van der Waals surface area (Å²) in [5.74, 6) is 0. The van der Waals surface area contributed by atoms with Crippen molar-refractivity contribution in [3.8, 4) is 0 Å². The Kier molecular flexibility index (Phi) is 10.3. The fourth-order valence-electron chi connectivity index (χ4n) is 2.92. The lowest BCUT2D eigenvalue weighted by atomic mass is 10.3. The van der Waals surface area contributed by atoms with Gasteiger partial charge in [-0.2, -0.15) is 30.9 Å². The summed E-state index contributed by atoms with van der Waals surface area (Å²) in [6.45, 7) is 7.42. The zero-order valence-electron chi connectivity index (χ0n) is 19.6. The second-order valence-corrected chi connectivity index (χ2v) is 11.4. The number of pyridine rings is 2. The van der Waals surface area contributed by atoms with E-state index in [4.69, 9.17) is 0 Å². The first-order chi connectivity index (χ1) is 15.9. The van der Waals surface area contributed by atoms with Crippen molar-refractivity contribution in [1.82, 2.24) is 0 Å². The summed E-state index contributed by atoms with van der Waals surface area (Å²) < 4.78 is 127. The van der Waals surface area contributed by atoms with E-state index in [1.807, 2.05) is 0 Å². The van der Waals surface area contributed by atoms with Crippen LogP contribution in [0.4, 0.5) is 26.3 Å². The second kappa shape index (κ2) is 11.7. The molecule has 0 N–H and O–H groups in total. The standard InChI is InChI=1S/C12H14F6NO4S2.C9H14N/c1-3-4-6-19-7-5-8(2)9(24(20,21)11(13,14)15)10(19)25(22,23)12(16,17)18;1-3-6-10-7-4-9(2)5-8-10/h5,7H,3-4,6H2,1-2H3;4-5,7-8H,3,6H2,1-2H3/q2*+1. The van der Waals surface area contributed by atoms with Crippen LogP contribution >= 0.6 is 0 Å². The summed E-state index contributed by atoms with van der Waals surface area (Å²) >= 11 is 0. The normalized spacial score (nSPS) is 12.7. The molecule has 0 bridgehead atoms. The predicted octanol–water partition coefficient (Wildman–Crippen LogP) is 4.36. The molecule has 2 heterocycles. The Morgan fingerprint density at radius 3 is 1.69 bits per heavy atom. The zero-order chi connectivity index (χ0) is 27.2. The average molecular weight is 551 g/mol. The molecule has 35 heavy (non-hydrogen) atoms. The molecule has 6 nitrogen and oxygen atoms in total. The van der Waals surface area contributed by atoms with Crippen LogP contribution in [0.2, 0.25) is 0 Å². The molecule has 0 aliphatic rings. The van der Waals surface area contributed by atoms with E-state index in [2.05, 4.69) is 42.9 Å². The summed E-state index contributed by atoms with van der Waals surface area (Å²) in [4.78, 5) is -1.91. The van der Waals surface area contributed by atoms with Crippen LogP contribution < -0.4 is 9.13 Å². The number of halogens is 6. The largest absolute Gasteiger partial charge is 0.507 e. The maximum atomic E-state index is 12.9. The summed E-state index contributed by atoms with van der Waals surface area (Å²) in [6, 6.07) is 5.09. The van der Waals surface area contributed by atoms with Crippen LogP contribution in [-0.2, 0) is 32.8 Å². The lowest BCUT2D eigenvalue weighted by molar-refractivity contribution is -0.737. The van der Waals surface area contributed by atoms with Crippen molar-refractivity contribution < 1.29 is 52.3 Å². The summed E-state index contributed by atoms with van der Waals surface area (Å²) in [5.41, 5.74) is -11.4. The first kappa shape index (κ1) is 30.8. The first-order valence-corrected chi connectivity index (χ1v) is 13.5. The number of sulfone groups is 2. The molecular weight excluding hydrogens is 522 g/mol. The second-order valence-electron chi connectivity index (χ2n) is 7.69. The van der Waals surface area contributed by atoms with Gasteiger partial charge in [0.1, 0.15) is 13.1 Å². The van der Waals surface area contributed by atoms with Gasteiger partial charge in [-0.15, -0.1) is 0 Å². The molecule has 2 aromatic heterocycles. The van der Waals surface area contributed by atoms with Crippen molar-refractivity contribution in [3.05, 3.63) is 47.9 Å². The minimum atomic E-state index is -6.35. The third-order valence-electron chi connectivity index (χ3n) is 4.74. The Morgan fingerprint density at radius 2 is 1.26 bits per heavy atom. The number of hydrogen-bond donors (Lipinski definition) is 0. The van der Waals surface area contributed by atoms with Crippen molar-refractivity contribution in [2.75, 3.05) is 0 Å². The average Bonchev–Trinajstić information content (AvgIpc) is 2.73. The molecule has 198 valence electrons. The van der Waals surface area contributed by atoms with Crippen molar-refractivity contribution in [3.63, 3.8) is 0 Å². The molecule has 0 atom stereocenters. The molecule has 0 aliphatic carbocycles.